The smallest absolute Gasteiger partial charge is 0.308 e. The fourth-order valence-corrected chi connectivity index (χ4v) is 2.99. The molecule has 0 aliphatic carbocycles. The van der Waals surface area contributed by atoms with E-state index in [1.807, 2.05) is 6.92 Å². The lowest BCUT2D eigenvalue weighted by Gasteiger charge is -2.28. The van der Waals surface area contributed by atoms with Crippen LogP contribution in [-0.2, 0) is 14.4 Å². The third kappa shape index (κ3) is 3.79. The highest BCUT2D eigenvalue weighted by atomic mass is 16.5. The number of carbonyl (C=O) groups is 3. The van der Waals surface area contributed by atoms with E-state index in [1.54, 1.807) is 45.0 Å². The van der Waals surface area contributed by atoms with E-state index in [4.69, 9.17) is 4.74 Å². The summed E-state index contributed by atoms with van der Waals surface area (Å²) < 4.78 is 5.03. The molecular formula is C20H25NO5. The van der Waals surface area contributed by atoms with Crippen molar-refractivity contribution in [3.05, 3.63) is 41.2 Å². The number of amides is 1. The Balaban J connectivity index is 2.50. The van der Waals surface area contributed by atoms with Crippen molar-refractivity contribution < 1.29 is 24.2 Å². The number of carbonyl (C=O) groups excluding carboxylic acids is 3. The minimum absolute atomic E-state index is 0.121. The summed E-state index contributed by atoms with van der Waals surface area (Å²) >= 11 is 0. The highest BCUT2D eigenvalue weighted by Gasteiger charge is 2.45. The number of rotatable bonds is 5. The van der Waals surface area contributed by atoms with Crippen LogP contribution in [0, 0.1) is 5.41 Å². The molecule has 6 nitrogen and oxygen atoms in total. The van der Waals surface area contributed by atoms with Crippen molar-refractivity contribution in [2.45, 2.75) is 47.1 Å². The molecule has 1 aromatic rings. The number of Topliss-reactive ketones (excluding diaryl/α,β-unsaturated/α-hetero) is 1. The zero-order valence-electron chi connectivity index (χ0n) is 15.8. The monoisotopic (exact) mass is 359 g/mol. The van der Waals surface area contributed by atoms with Crippen LogP contribution in [0.15, 0.2) is 35.6 Å². The number of ketones is 1. The Labute approximate surface area is 153 Å². The van der Waals surface area contributed by atoms with Gasteiger partial charge < -0.3 is 14.7 Å². The van der Waals surface area contributed by atoms with Crippen LogP contribution in [0.1, 0.15) is 52.6 Å². The summed E-state index contributed by atoms with van der Waals surface area (Å²) in [5.74, 6) is -1.33. The number of hydrogen-bond acceptors (Lipinski definition) is 5. The first-order valence-electron chi connectivity index (χ1n) is 8.65. The molecule has 0 saturated carbocycles. The number of aliphatic hydroxyl groups excluding tert-OH is 1. The van der Waals surface area contributed by atoms with Crippen LogP contribution in [0.25, 0.3) is 0 Å². The van der Waals surface area contributed by atoms with Gasteiger partial charge in [0, 0.05) is 18.9 Å². The number of benzene rings is 1. The summed E-state index contributed by atoms with van der Waals surface area (Å²) in [5, 5.41) is 10.4. The molecule has 140 valence electrons. The van der Waals surface area contributed by atoms with E-state index < -0.39 is 29.1 Å². The van der Waals surface area contributed by atoms with E-state index in [1.165, 1.54) is 11.8 Å². The summed E-state index contributed by atoms with van der Waals surface area (Å²) in [6.07, 6.45) is 0.692. The maximum absolute atomic E-state index is 12.9. The molecule has 1 atom stereocenters. The largest absolute Gasteiger partial charge is 0.503 e. The van der Waals surface area contributed by atoms with Crippen LogP contribution >= 0.6 is 0 Å². The Morgan fingerprint density at radius 3 is 2.23 bits per heavy atom. The molecule has 1 N–H and O–H groups in total. The van der Waals surface area contributed by atoms with Crippen molar-refractivity contribution in [3.8, 4) is 5.75 Å². The van der Waals surface area contributed by atoms with E-state index in [-0.39, 0.29) is 11.4 Å². The van der Waals surface area contributed by atoms with Crippen molar-refractivity contribution in [1.29, 1.82) is 0 Å². The van der Waals surface area contributed by atoms with Gasteiger partial charge in [-0.1, -0.05) is 39.8 Å². The Kier molecular flexibility index (Phi) is 5.54. The van der Waals surface area contributed by atoms with Crippen LogP contribution in [0.4, 0.5) is 0 Å². The van der Waals surface area contributed by atoms with Gasteiger partial charge in [-0.3, -0.25) is 14.4 Å². The predicted molar refractivity (Wildman–Crippen MR) is 96.6 cm³/mol. The fraction of sp³-hybridized carbons (Fsp3) is 0.450. The second-order valence-electron chi connectivity index (χ2n) is 7.41. The molecule has 1 heterocycles. The summed E-state index contributed by atoms with van der Waals surface area (Å²) in [7, 11) is 0. The number of aliphatic hydroxyl groups is 1. The van der Waals surface area contributed by atoms with Gasteiger partial charge in [0.25, 0.3) is 5.91 Å². The van der Waals surface area contributed by atoms with Crippen LogP contribution in [-0.4, -0.2) is 34.2 Å². The third-order valence-corrected chi connectivity index (χ3v) is 4.15. The maximum Gasteiger partial charge on any atom is 0.308 e. The minimum atomic E-state index is -0.734. The van der Waals surface area contributed by atoms with Crippen LogP contribution in [0.3, 0.4) is 0 Å². The number of nitrogens with zero attached hydrogens (tertiary/aromatic N) is 1. The molecule has 1 aromatic carbocycles. The van der Waals surface area contributed by atoms with E-state index in [9.17, 15) is 19.5 Å². The SMILES string of the molecule is CCCN1C(=O)C(O)=C(C(=O)C(C)(C)C)C1c1ccc(OC(C)=O)cc1. The van der Waals surface area contributed by atoms with Crippen molar-refractivity contribution >= 4 is 17.7 Å². The quantitative estimate of drug-likeness (QED) is 0.644. The zero-order chi connectivity index (χ0) is 19.6. The minimum Gasteiger partial charge on any atom is -0.503 e. The molecule has 1 unspecified atom stereocenters. The first-order valence-corrected chi connectivity index (χ1v) is 8.65. The first-order chi connectivity index (χ1) is 12.1. The fourth-order valence-electron chi connectivity index (χ4n) is 2.99. The predicted octanol–water partition coefficient (Wildman–Crippen LogP) is 3.33. The van der Waals surface area contributed by atoms with Gasteiger partial charge in [-0.25, -0.2) is 0 Å². The van der Waals surface area contributed by atoms with Crippen LogP contribution in [0.2, 0.25) is 0 Å². The van der Waals surface area contributed by atoms with Gasteiger partial charge in [-0.2, -0.15) is 0 Å². The molecule has 0 saturated heterocycles. The lowest BCUT2D eigenvalue weighted by molar-refractivity contribution is -0.132. The van der Waals surface area contributed by atoms with Gasteiger partial charge in [0.15, 0.2) is 11.5 Å². The Morgan fingerprint density at radius 2 is 1.77 bits per heavy atom. The molecule has 2 rings (SSSR count). The number of ether oxygens (including phenoxy) is 1. The standard InChI is InChI=1S/C20H25NO5/c1-6-11-21-16(13-7-9-14(10-8-13)26-12(2)22)15(17(23)19(21)25)18(24)20(3,4)5/h7-10,16,23H,6,11H2,1-5H3. The van der Waals surface area contributed by atoms with Gasteiger partial charge in [0.1, 0.15) is 5.75 Å². The third-order valence-electron chi connectivity index (χ3n) is 4.15. The van der Waals surface area contributed by atoms with Crippen molar-refractivity contribution in [2.75, 3.05) is 6.54 Å². The zero-order valence-corrected chi connectivity index (χ0v) is 15.8. The summed E-state index contributed by atoms with van der Waals surface area (Å²) in [4.78, 5) is 38.0. The molecule has 0 bridgehead atoms. The van der Waals surface area contributed by atoms with E-state index >= 15 is 0 Å². The molecule has 1 aliphatic rings. The molecule has 1 amide bonds. The van der Waals surface area contributed by atoms with Gasteiger partial charge in [0.05, 0.1) is 11.6 Å². The summed E-state index contributed by atoms with van der Waals surface area (Å²) in [5.41, 5.74) is 0.0670. The highest BCUT2D eigenvalue weighted by Crippen LogP contribution is 2.41. The average molecular weight is 359 g/mol. The van der Waals surface area contributed by atoms with E-state index in [2.05, 4.69) is 0 Å². The van der Waals surface area contributed by atoms with Crippen molar-refractivity contribution in [3.63, 3.8) is 0 Å². The van der Waals surface area contributed by atoms with Gasteiger partial charge in [-0.05, 0) is 24.1 Å². The maximum atomic E-state index is 12.9. The summed E-state index contributed by atoms with van der Waals surface area (Å²) in [6, 6.07) is 5.97. The number of hydrogen-bond donors (Lipinski definition) is 1. The molecule has 6 heteroatoms. The molecule has 0 fully saturated rings. The van der Waals surface area contributed by atoms with Crippen molar-refractivity contribution in [2.24, 2.45) is 5.41 Å². The molecule has 1 aliphatic heterocycles. The van der Waals surface area contributed by atoms with Gasteiger partial charge in [-0.15, -0.1) is 0 Å². The second-order valence-corrected chi connectivity index (χ2v) is 7.41. The first kappa shape index (κ1) is 19.7. The van der Waals surface area contributed by atoms with Crippen LogP contribution in [0.5, 0.6) is 5.75 Å². The Bertz CT molecular complexity index is 755. The lowest BCUT2D eigenvalue weighted by atomic mass is 9.82. The second kappa shape index (κ2) is 7.32. The number of esters is 1. The van der Waals surface area contributed by atoms with E-state index in [0.717, 1.165) is 0 Å². The normalized spacial score (nSPS) is 17.7. The topological polar surface area (TPSA) is 83.9 Å². The van der Waals surface area contributed by atoms with E-state index in [0.29, 0.717) is 24.3 Å². The Morgan fingerprint density at radius 1 is 1.19 bits per heavy atom. The van der Waals surface area contributed by atoms with Crippen LogP contribution < -0.4 is 4.74 Å². The summed E-state index contributed by atoms with van der Waals surface area (Å²) in [6.45, 7) is 8.92. The average Bonchev–Trinajstić information content (AvgIpc) is 2.79. The van der Waals surface area contributed by atoms with Gasteiger partial charge in [0.2, 0.25) is 0 Å². The molecule has 26 heavy (non-hydrogen) atoms. The molecule has 0 radical (unpaired) electrons. The molecular weight excluding hydrogens is 334 g/mol. The Hall–Kier alpha value is -2.63. The molecule has 0 aromatic heterocycles. The van der Waals surface area contributed by atoms with Gasteiger partial charge >= 0.3 is 5.97 Å². The lowest BCUT2D eigenvalue weighted by Crippen LogP contribution is -2.33. The highest BCUT2D eigenvalue weighted by molar-refractivity contribution is 6.10. The van der Waals surface area contributed by atoms with Crippen molar-refractivity contribution in [1.82, 2.24) is 4.90 Å². The molecule has 0 spiro atoms.